The summed E-state index contributed by atoms with van der Waals surface area (Å²) in [6, 6.07) is 13.6. The average Bonchev–Trinajstić information content (AvgIpc) is 2.60. The van der Waals surface area contributed by atoms with Crippen molar-refractivity contribution in [2.45, 2.75) is 4.90 Å². The summed E-state index contributed by atoms with van der Waals surface area (Å²) < 4.78 is 22.8. The normalized spacial score (nSPS) is 14.1. The number of sulfonamides is 1. The summed E-state index contributed by atoms with van der Waals surface area (Å²) in [7, 11) is -3.87. The van der Waals surface area contributed by atoms with Gasteiger partial charge in [0.1, 0.15) is 0 Å². The first-order valence-electron chi connectivity index (χ1n) is 7.62. The lowest BCUT2D eigenvalue weighted by atomic mass is 9.93. The van der Waals surface area contributed by atoms with Crippen LogP contribution in [0.1, 0.15) is 20.7 Å². The van der Waals surface area contributed by atoms with E-state index in [1.807, 2.05) is 0 Å². The Morgan fingerprint density at radius 1 is 0.808 bits per heavy atom. The van der Waals surface area contributed by atoms with Crippen molar-refractivity contribution in [1.82, 2.24) is 0 Å². The minimum Gasteiger partial charge on any atom is -0.398 e. The van der Waals surface area contributed by atoms with E-state index >= 15 is 0 Å². The second-order valence-corrected chi connectivity index (χ2v) is 7.48. The minimum atomic E-state index is -3.87. The van der Waals surface area contributed by atoms with Crippen LogP contribution in [0, 0.1) is 0 Å². The van der Waals surface area contributed by atoms with Gasteiger partial charge in [0.15, 0.2) is 0 Å². The van der Waals surface area contributed by atoms with Gasteiger partial charge in [-0.25, -0.2) is 18.5 Å². The number of hydrogen-bond donors (Lipinski definition) is 2. The number of rotatable bonds is 2. The smallest absolute Gasteiger partial charge is 0.265 e. The highest BCUT2D eigenvalue weighted by atomic mass is 32.2. The van der Waals surface area contributed by atoms with Gasteiger partial charge in [-0.2, -0.15) is 0 Å². The number of primary sulfonamides is 1. The molecule has 0 unspecified atom stereocenters. The van der Waals surface area contributed by atoms with Crippen molar-refractivity contribution in [2.75, 3.05) is 10.6 Å². The summed E-state index contributed by atoms with van der Waals surface area (Å²) in [5, 5.41) is 6.25. The molecule has 0 spiro atoms. The van der Waals surface area contributed by atoms with E-state index in [4.69, 9.17) is 10.9 Å². The van der Waals surface area contributed by atoms with E-state index in [9.17, 15) is 18.0 Å². The van der Waals surface area contributed by atoms with Gasteiger partial charge >= 0.3 is 0 Å². The number of nitrogens with two attached hydrogens (primary N) is 2. The standard InChI is InChI=1S/C18H13N3O4S/c19-15-9-8-14-16-12(15)2-1-3-13(16)17(22)21(18(14)23)10-4-6-11(7-5-10)26(20,24)25/h1-9H,19H2,(H2,20,24,25). The largest absolute Gasteiger partial charge is 0.398 e. The molecule has 3 aromatic carbocycles. The van der Waals surface area contributed by atoms with Crippen molar-refractivity contribution in [2.24, 2.45) is 5.14 Å². The predicted octanol–water partition coefficient (Wildman–Crippen LogP) is 1.87. The molecule has 1 aliphatic rings. The van der Waals surface area contributed by atoms with Crippen LogP contribution < -0.4 is 15.8 Å². The summed E-state index contributed by atoms with van der Waals surface area (Å²) in [6.45, 7) is 0. The second-order valence-electron chi connectivity index (χ2n) is 5.92. The molecule has 0 aliphatic carbocycles. The molecular weight excluding hydrogens is 354 g/mol. The van der Waals surface area contributed by atoms with Crippen molar-refractivity contribution in [3.05, 3.63) is 65.7 Å². The summed E-state index contributed by atoms with van der Waals surface area (Å²) >= 11 is 0. The number of carbonyl (C=O) groups excluding carboxylic acids is 2. The van der Waals surface area contributed by atoms with Gasteiger partial charge in [0.05, 0.1) is 10.6 Å². The van der Waals surface area contributed by atoms with Crippen molar-refractivity contribution in [3.63, 3.8) is 0 Å². The number of carbonyl (C=O) groups is 2. The maximum Gasteiger partial charge on any atom is 0.265 e. The molecule has 4 rings (SSSR count). The number of hydrogen-bond acceptors (Lipinski definition) is 5. The van der Waals surface area contributed by atoms with Gasteiger partial charge in [-0.05, 0) is 42.5 Å². The van der Waals surface area contributed by atoms with Crippen molar-refractivity contribution in [3.8, 4) is 0 Å². The van der Waals surface area contributed by atoms with Crippen molar-refractivity contribution in [1.29, 1.82) is 0 Å². The Labute approximate surface area is 148 Å². The third-order valence-corrected chi connectivity index (χ3v) is 5.29. The fourth-order valence-electron chi connectivity index (χ4n) is 3.14. The molecule has 0 saturated carbocycles. The summed E-state index contributed by atoms with van der Waals surface area (Å²) in [4.78, 5) is 26.8. The van der Waals surface area contributed by atoms with E-state index in [0.717, 1.165) is 4.90 Å². The van der Waals surface area contributed by atoms with E-state index in [-0.39, 0.29) is 10.6 Å². The van der Waals surface area contributed by atoms with E-state index in [0.29, 0.717) is 27.6 Å². The molecule has 1 aliphatic heterocycles. The number of nitrogens with zero attached hydrogens (tertiary/aromatic N) is 1. The number of amides is 2. The highest BCUT2D eigenvalue weighted by Gasteiger charge is 2.34. The van der Waals surface area contributed by atoms with Gasteiger partial charge in [0.25, 0.3) is 11.8 Å². The summed E-state index contributed by atoms with van der Waals surface area (Å²) in [5.74, 6) is -0.996. The first kappa shape index (κ1) is 16.2. The molecule has 0 radical (unpaired) electrons. The molecule has 4 N–H and O–H groups in total. The van der Waals surface area contributed by atoms with Crippen LogP contribution >= 0.6 is 0 Å². The summed E-state index contributed by atoms with van der Waals surface area (Å²) in [5.41, 5.74) is 7.42. The zero-order valence-corrected chi connectivity index (χ0v) is 14.2. The lowest BCUT2D eigenvalue weighted by Crippen LogP contribution is -2.40. The van der Waals surface area contributed by atoms with Crippen LogP contribution in [0.3, 0.4) is 0 Å². The van der Waals surface area contributed by atoms with E-state index in [1.54, 1.807) is 30.3 Å². The third kappa shape index (κ3) is 2.27. The molecule has 0 bridgehead atoms. The maximum absolute atomic E-state index is 12.9. The Morgan fingerprint density at radius 3 is 2.04 bits per heavy atom. The van der Waals surface area contributed by atoms with Gasteiger partial charge in [0.2, 0.25) is 10.0 Å². The molecule has 3 aromatic rings. The number of benzene rings is 3. The lowest BCUT2D eigenvalue weighted by Gasteiger charge is -2.27. The Balaban J connectivity index is 1.90. The van der Waals surface area contributed by atoms with Crippen LogP contribution in [0.2, 0.25) is 0 Å². The van der Waals surface area contributed by atoms with E-state index in [2.05, 4.69) is 0 Å². The number of nitrogen functional groups attached to an aromatic ring is 1. The quantitative estimate of drug-likeness (QED) is 0.529. The molecule has 1 heterocycles. The molecule has 26 heavy (non-hydrogen) atoms. The molecule has 0 saturated heterocycles. The Hall–Kier alpha value is -3.23. The zero-order chi connectivity index (χ0) is 18.6. The van der Waals surface area contributed by atoms with Crippen LogP contribution in [0.4, 0.5) is 11.4 Å². The molecule has 8 heteroatoms. The Kier molecular flexibility index (Phi) is 3.36. The molecule has 0 atom stereocenters. The zero-order valence-electron chi connectivity index (χ0n) is 13.3. The van der Waals surface area contributed by atoms with Crippen LogP contribution in [-0.4, -0.2) is 20.2 Å². The van der Waals surface area contributed by atoms with Crippen LogP contribution in [-0.2, 0) is 10.0 Å². The molecule has 0 fully saturated rings. The van der Waals surface area contributed by atoms with Crippen LogP contribution in [0.25, 0.3) is 10.8 Å². The van der Waals surface area contributed by atoms with Gasteiger partial charge in [0, 0.05) is 27.6 Å². The third-order valence-electron chi connectivity index (χ3n) is 4.36. The highest BCUT2D eigenvalue weighted by molar-refractivity contribution is 7.89. The van der Waals surface area contributed by atoms with E-state index in [1.165, 1.54) is 24.3 Å². The fraction of sp³-hybridized carbons (Fsp3) is 0. The van der Waals surface area contributed by atoms with Gasteiger partial charge in [-0.15, -0.1) is 0 Å². The second kappa shape index (κ2) is 5.38. The SMILES string of the molecule is Nc1ccc2c3c(cccc13)C(=O)N(c1ccc(S(N)(=O)=O)cc1)C2=O. The molecule has 2 amide bonds. The van der Waals surface area contributed by atoms with Crippen LogP contribution in [0.5, 0.6) is 0 Å². The predicted molar refractivity (Wildman–Crippen MR) is 97.3 cm³/mol. The van der Waals surface area contributed by atoms with Gasteiger partial charge in [-0.1, -0.05) is 12.1 Å². The van der Waals surface area contributed by atoms with Crippen LogP contribution in [0.15, 0.2) is 59.5 Å². The first-order valence-corrected chi connectivity index (χ1v) is 9.16. The molecule has 0 aromatic heterocycles. The Morgan fingerprint density at radius 2 is 1.42 bits per heavy atom. The summed E-state index contributed by atoms with van der Waals surface area (Å²) in [6.07, 6.45) is 0. The maximum atomic E-state index is 12.9. The topological polar surface area (TPSA) is 124 Å². The minimum absolute atomic E-state index is 0.103. The number of anilines is 2. The fourth-order valence-corrected chi connectivity index (χ4v) is 3.65. The average molecular weight is 367 g/mol. The highest BCUT2D eigenvalue weighted by Crippen LogP contribution is 2.35. The Bertz CT molecular complexity index is 1180. The van der Waals surface area contributed by atoms with Crippen molar-refractivity contribution >= 4 is 44.0 Å². The van der Waals surface area contributed by atoms with E-state index < -0.39 is 21.8 Å². The molecule has 7 nitrogen and oxygen atoms in total. The molecule has 130 valence electrons. The number of imide groups is 1. The van der Waals surface area contributed by atoms with Gasteiger partial charge < -0.3 is 5.73 Å². The molecular formula is C18H13N3O4S. The lowest BCUT2D eigenvalue weighted by molar-refractivity contribution is 0.0893. The van der Waals surface area contributed by atoms with Crippen molar-refractivity contribution < 1.29 is 18.0 Å². The first-order chi connectivity index (χ1) is 12.3. The van der Waals surface area contributed by atoms with Gasteiger partial charge in [-0.3, -0.25) is 9.59 Å². The monoisotopic (exact) mass is 367 g/mol.